The van der Waals surface area contributed by atoms with Crippen molar-refractivity contribution in [3.63, 3.8) is 0 Å². The van der Waals surface area contributed by atoms with Crippen LogP contribution in [-0.2, 0) is 4.79 Å². The number of aliphatic carboxylic acids is 1. The van der Waals surface area contributed by atoms with E-state index in [1.807, 2.05) is 4.90 Å². The fraction of sp³-hybridized carbons (Fsp3) is 0.500. The monoisotopic (exact) mass is 285 g/mol. The van der Waals surface area contributed by atoms with E-state index in [-0.39, 0.29) is 11.9 Å². The van der Waals surface area contributed by atoms with Crippen LogP contribution in [0.3, 0.4) is 0 Å². The quantitative estimate of drug-likeness (QED) is 0.922. The second kappa shape index (κ2) is 6.17. The molecule has 0 spiro atoms. The van der Waals surface area contributed by atoms with Crippen molar-refractivity contribution in [2.45, 2.75) is 31.9 Å². The van der Waals surface area contributed by atoms with Crippen LogP contribution in [0.5, 0.6) is 5.75 Å². The average Bonchev–Trinajstić information content (AvgIpc) is 2.42. The summed E-state index contributed by atoms with van der Waals surface area (Å²) >= 11 is 0. The van der Waals surface area contributed by atoms with Crippen molar-refractivity contribution in [3.8, 4) is 5.75 Å². The van der Waals surface area contributed by atoms with E-state index in [0.717, 1.165) is 12.1 Å². The molecule has 20 heavy (non-hydrogen) atoms. The van der Waals surface area contributed by atoms with Gasteiger partial charge in [0.2, 0.25) is 0 Å². The molecule has 0 amide bonds. The number of likely N-dealkylation sites (tertiary alicyclic amines) is 1. The lowest BCUT2D eigenvalue weighted by atomic mass is 10.1. The van der Waals surface area contributed by atoms with E-state index >= 15 is 0 Å². The molecule has 1 aromatic rings. The maximum absolute atomic E-state index is 13.5. The Labute approximate surface area is 116 Å². The first-order chi connectivity index (χ1) is 9.47. The minimum absolute atomic E-state index is 0.0381. The molecule has 6 heteroatoms. The molecule has 0 radical (unpaired) electrons. The van der Waals surface area contributed by atoms with Crippen LogP contribution in [-0.4, -0.2) is 41.2 Å². The van der Waals surface area contributed by atoms with Gasteiger partial charge in [0.1, 0.15) is 18.0 Å². The molecule has 1 atom stereocenters. The standard InChI is InChI=1S/C14H17F2NO3/c1-9(14(18)19)17-6-4-11(5-7-17)20-13-3-2-10(15)8-12(13)16/h2-3,8-9,11H,4-7H2,1H3,(H,18,19). The average molecular weight is 285 g/mol. The zero-order valence-electron chi connectivity index (χ0n) is 11.2. The van der Waals surface area contributed by atoms with E-state index in [1.54, 1.807) is 6.92 Å². The van der Waals surface area contributed by atoms with Crippen molar-refractivity contribution in [1.82, 2.24) is 4.90 Å². The minimum atomic E-state index is -0.853. The minimum Gasteiger partial charge on any atom is -0.487 e. The third kappa shape index (κ3) is 3.45. The van der Waals surface area contributed by atoms with Gasteiger partial charge in [-0.2, -0.15) is 0 Å². The largest absolute Gasteiger partial charge is 0.487 e. The van der Waals surface area contributed by atoms with Gasteiger partial charge in [-0.05, 0) is 31.9 Å². The Morgan fingerprint density at radius 3 is 2.60 bits per heavy atom. The molecule has 1 saturated heterocycles. The summed E-state index contributed by atoms with van der Waals surface area (Å²) < 4.78 is 31.8. The normalized spacial score (nSPS) is 18.8. The molecule has 1 aromatic carbocycles. The van der Waals surface area contributed by atoms with Crippen molar-refractivity contribution < 1.29 is 23.4 Å². The van der Waals surface area contributed by atoms with E-state index in [0.29, 0.717) is 25.9 Å². The lowest BCUT2D eigenvalue weighted by Crippen LogP contribution is -2.46. The summed E-state index contributed by atoms with van der Waals surface area (Å²) in [4.78, 5) is 12.7. The lowest BCUT2D eigenvalue weighted by Gasteiger charge is -2.34. The summed E-state index contributed by atoms with van der Waals surface area (Å²) in [5.74, 6) is -2.17. The zero-order valence-corrected chi connectivity index (χ0v) is 11.2. The van der Waals surface area contributed by atoms with E-state index in [2.05, 4.69) is 0 Å². The number of nitrogens with zero attached hydrogens (tertiary/aromatic N) is 1. The summed E-state index contributed by atoms with van der Waals surface area (Å²) in [6, 6.07) is 2.69. The van der Waals surface area contributed by atoms with E-state index < -0.39 is 23.6 Å². The predicted molar refractivity (Wildman–Crippen MR) is 68.7 cm³/mol. The van der Waals surface area contributed by atoms with Crippen molar-refractivity contribution in [1.29, 1.82) is 0 Å². The second-order valence-corrected chi connectivity index (χ2v) is 4.94. The highest BCUT2D eigenvalue weighted by Gasteiger charge is 2.27. The third-order valence-electron chi connectivity index (χ3n) is 3.57. The van der Waals surface area contributed by atoms with Gasteiger partial charge in [0.15, 0.2) is 11.6 Å². The number of carbonyl (C=O) groups is 1. The number of piperidine rings is 1. The SMILES string of the molecule is CC(C(=O)O)N1CCC(Oc2ccc(F)cc2F)CC1. The number of rotatable bonds is 4. The first kappa shape index (κ1) is 14.7. The summed E-state index contributed by atoms with van der Waals surface area (Å²) in [7, 11) is 0. The van der Waals surface area contributed by atoms with Gasteiger partial charge < -0.3 is 9.84 Å². The number of halogens is 2. The molecule has 1 N–H and O–H groups in total. The van der Waals surface area contributed by atoms with Crippen LogP contribution in [0.4, 0.5) is 8.78 Å². The van der Waals surface area contributed by atoms with Gasteiger partial charge in [-0.25, -0.2) is 8.78 Å². The first-order valence-electron chi connectivity index (χ1n) is 6.56. The van der Waals surface area contributed by atoms with Gasteiger partial charge >= 0.3 is 5.97 Å². The fourth-order valence-corrected chi connectivity index (χ4v) is 2.29. The maximum atomic E-state index is 13.5. The van der Waals surface area contributed by atoms with Crippen molar-refractivity contribution in [2.24, 2.45) is 0 Å². The Morgan fingerprint density at radius 1 is 1.40 bits per heavy atom. The maximum Gasteiger partial charge on any atom is 0.320 e. The number of hydrogen-bond donors (Lipinski definition) is 1. The van der Waals surface area contributed by atoms with Gasteiger partial charge in [-0.1, -0.05) is 0 Å². The molecule has 4 nitrogen and oxygen atoms in total. The Kier molecular flexibility index (Phi) is 4.54. The predicted octanol–water partition coefficient (Wildman–Crippen LogP) is 2.28. The number of benzene rings is 1. The van der Waals surface area contributed by atoms with Gasteiger partial charge in [0.25, 0.3) is 0 Å². The molecule has 1 aliphatic heterocycles. The van der Waals surface area contributed by atoms with Crippen molar-refractivity contribution >= 4 is 5.97 Å². The van der Waals surface area contributed by atoms with Crippen molar-refractivity contribution in [2.75, 3.05) is 13.1 Å². The molecule has 0 aliphatic carbocycles. The van der Waals surface area contributed by atoms with Crippen LogP contribution in [0.15, 0.2) is 18.2 Å². The Morgan fingerprint density at radius 2 is 2.05 bits per heavy atom. The highest BCUT2D eigenvalue weighted by Crippen LogP contribution is 2.23. The topological polar surface area (TPSA) is 49.8 Å². The number of hydrogen-bond acceptors (Lipinski definition) is 3. The third-order valence-corrected chi connectivity index (χ3v) is 3.57. The van der Waals surface area contributed by atoms with E-state index in [9.17, 15) is 13.6 Å². The second-order valence-electron chi connectivity index (χ2n) is 4.94. The van der Waals surface area contributed by atoms with Gasteiger partial charge in [0.05, 0.1) is 0 Å². The van der Waals surface area contributed by atoms with E-state index in [1.165, 1.54) is 6.07 Å². The molecule has 0 bridgehead atoms. The van der Waals surface area contributed by atoms with Crippen LogP contribution in [0, 0.1) is 11.6 Å². The van der Waals surface area contributed by atoms with Gasteiger partial charge in [-0.15, -0.1) is 0 Å². The van der Waals surface area contributed by atoms with Crippen LogP contribution in [0.1, 0.15) is 19.8 Å². The molecule has 2 rings (SSSR count). The summed E-state index contributed by atoms with van der Waals surface area (Å²) in [6.07, 6.45) is 1.07. The molecular weight excluding hydrogens is 268 g/mol. The smallest absolute Gasteiger partial charge is 0.320 e. The van der Waals surface area contributed by atoms with Gasteiger partial charge in [0, 0.05) is 19.2 Å². The first-order valence-corrected chi connectivity index (χ1v) is 6.56. The molecule has 110 valence electrons. The Bertz CT molecular complexity index is 487. The highest BCUT2D eigenvalue weighted by atomic mass is 19.1. The molecule has 0 aromatic heterocycles. The number of ether oxygens (including phenoxy) is 1. The summed E-state index contributed by atoms with van der Waals surface area (Å²) in [6.45, 7) is 2.81. The zero-order chi connectivity index (χ0) is 14.7. The van der Waals surface area contributed by atoms with Gasteiger partial charge in [-0.3, -0.25) is 9.69 Å². The Balaban J connectivity index is 1.90. The molecule has 1 fully saturated rings. The van der Waals surface area contributed by atoms with Crippen LogP contribution >= 0.6 is 0 Å². The molecule has 1 unspecified atom stereocenters. The van der Waals surface area contributed by atoms with Crippen LogP contribution in [0.2, 0.25) is 0 Å². The summed E-state index contributed by atoms with van der Waals surface area (Å²) in [5.41, 5.74) is 0. The van der Waals surface area contributed by atoms with Crippen LogP contribution in [0.25, 0.3) is 0 Å². The number of carboxylic acids is 1. The highest BCUT2D eigenvalue weighted by molar-refractivity contribution is 5.72. The fourth-order valence-electron chi connectivity index (χ4n) is 2.29. The van der Waals surface area contributed by atoms with E-state index in [4.69, 9.17) is 9.84 Å². The molecule has 0 saturated carbocycles. The number of carboxylic acid groups (broad SMARTS) is 1. The molecular formula is C14H17F2NO3. The summed E-state index contributed by atoms with van der Waals surface area (Å²) in [5, 5.41) is 8.94. The molecule has 1 aliphatic rings. The van der Waals surface area contributed by atoms with Crippen molar-refractivity contribution in [3.05, 3.63) is 29.8 Å². The molecule has 1 heterocycles. The Hall–Kier alpha value is -1.69. The van der Waals surface area contributed by atoms with Crippen LogP contribution < -0.4 is 4.74 Å². The lowest BCUT2D eigenvalue weighted by molar-refractivity contribution is -0.143.